The third-order valence-electron chi connectivity index (χ3n) is 11.3. The summed E-state index contributed by atoms with van der Waals surface area (Å²) >= 11 is 0. The van der Waals surface area contributed by atoms with Gasteiger partial charge in [-0.05, 0) is 78.2 Å². The number of fused-ring (bicyclic) bond motifs is 12. The molecule has 0 saturated heterocycles. The third-order valence-corrected chi connectivity index (χ3v) is 11.3. The molecule has 0 saturated carbocycles. The number of aromatic nitrogens is 5. The number of nitrogens with zero attached hydrogens (tertiary/aromatic N) is 5. The molecule has 0 N–H and O–H groups in total. The molecule has 0 unspecified atom stereocenters. The average Bonchev–Trinajstić information content (AvgIpc) is 3.82. The van der Waals surface area contributed by atoms with Crippen LogP contribution in [-0.4, -0.2) is 23.9 Å². The van der Waals surface area contributed by atoms with Gasteiger partial charge in [0.25, 0.3) is 0 Å². The van der Waals surface area contributed by atoms with Crippen LogP contribution < -0.4 is 0 Å². The fraction of sp³-hybridized carbons (Fsp3) is 0. The first-order valence-electron chi connectivity index (χ1n) is 18.9. The number of benzene rings is 7. The standard InChI is InChI=1S/C51H31N5/c1-2-12-32(13-3-1)43-27-24-35(31-52-43)50-40-18-7-9-19-44(40)53-51(54-50)33-22-25-36(26-23-33)55-46-21-11-8-17-39(46)42-29-41-37-15-5-6-16-38(37)47-28-34-14-4-10-20-45(34)56(47)49(41)30-48(42)55/h1-31H. The monoisotopic (exact) mass is 713 g/mol. The van der Waals surface area contributed by atoms with Crippen molar-refractivity contribution in [3.05, 3.63) is 188 Å². The average molecular weight is 714 g/mol. The van der Waals surface area contributed by atoms with Gasteiger partial charge < -0.3 is 8.97 Å². The Hall–Kier alpha value is -7.63. The largest absolute Gasteiger partial charge is 0.309 e. The van der Waals surface area contributed by atoms with Gasteiger partial charge in [-0.3, -0.25) is 4.98 Å². The van der Waals surface area contributed by atoms with Gasteiger partial charge >= 0.3 is 0 Å². The maximum absolute atomic E-state index is 5.18. The molecule has 260 valence electrons. The Labute approximate surface area is 321 Å². The van der Waals surface area contributed by atoms with Gasteiger partial charge in [0.1, 0.15) is 0 Å². The van der Waals surface area contributed by atoms with Crippen molar-refractivity contribution in [3.63, 3.8) is 0 Å². The maximum Gasteiger partial charge on any atom is 0.160 e. The zero-order valence-corrected chi connectivity index (χ0v) is 30.1. The molecule has 0 atom stereocenters. The first-order chi connectivity index (χ1) is 27.8. The maximum atomic E-state index is 5.18. The van der Waals surface area contributed by atoms with Gasteiger partial charge in [0.05, 0.1) is 44.5 Å². The zero-order valence-electron chi connectivity index (χ0n) is 30.1. The summed E-state index contributed by atoms with van der Waals surface area (Å²) in [6.07, 6.45) is 1.92. The molecule has 0 bridgehead atoms. The Morgan fingerprint density at radius 2 is 1.02 bits per heavy atom. The highest BCUT2D eigenvalue weighted by atomic mass is 15.0. The van der Waals surface area contributed by atoms with Gasteiger partial charge in [-0.1, -0.05) is 109 Å². The number of hydrogen-bond acceptors (Lipinski definition) is 3. The van der Waals surface area contributed by atoms with E-state index in [1.165, 1.54) is 54.4 Å². The smallest absolute Gasteiger partial charge is 0.160 e. The van der Waals surface area contributed by atoms with Crippen LogP contribution >= 0.6 is 0 Å². The highest BCUT2D eigenvalue weighted by Gasteiger charge is 2.19. The van der Waals surface area contributed by atoms with Crippen LogP contribution in [0, 0.1) is 0 Å². The summed E-state index contributed by atoms with van der Waals surface area (Å²) in [7, 11) is 0. The van der Waals surface area contributed by atoms with Crippen LogP contribution in [0.1, 0.15) is 0 Å². The van der Waals surface area contributed by atoms with Gasteiger partial charge in [-0.15, -0.1) is 0 Å². The highest BCUT2D eigenvalue weighted by Crippen LogP contribution is 2.40. The third kappa shape index (κ3) is 4.58. The second-order valence-corrected chi connectivity index (χ2v) is 14.5. The van der Waals surface area contributed by atoms with Gasteiger partial charge in [0.15, 0.2) is 5.82 Å². The molecular weight excluding hydrogens is 683 g/mol. The minimum Gasteiger partial charge on any atom is -0.309 e. The van der Waals surface area contributed by atoms with Crippen LogP contribution in [0.5, 0.6) is 0 Å². The molecular formula is C51H31N5. The van der Waals surface area contributed by atoms with Gasteiger partial charge in [0, 0.05) is 60.9 Å². The summed E-state index contributed by atoms with van der Waals surface area (Å²) in [6.45, 7) is 0. The lowest BCUT2D eigenvalue weighted by molar-refractivity contribution is 1.17. The molecule has 5 heterocycles. The number of para-hydroxylation sites is 3. The molecule has 12 aromatic rings. The SMILES string of the molecule is c1ccc(-c2ccc(-c3nc(-c4ccc(-n5c6ccccc6c6cc7c8ccccc8c8cc9ccccc9n8c7cc65)cc4)nc4ccccc34)cn2)cc1. The predicted molar refractivity (Wildman–Crippen MR) is 231 cm³/mol. The van der Waals surface area contributed by atoms with Crippen molar-refractivity contribution in [2.45, 2.75) is 0 Å². The van der Waals surface area contributed by atoms with Crippen LogP contribution in [0.4, 0.5) is 0 Å². The highest BCUT2D eigenvalue weighted by molar-refractivity contribution is 6.21. The molecule has 0 aliphatic carbocycles. The van der Waals surface area contributed by atoms with E-state index < -0.39 is 0 Å². The number of pyridine rings is 2. The van der Waals surface area contributed by atoms with Gasteiger partial charge in [0.2, 0.25) is 0 Å². The molecule has 0 fully saturated rings. The fourth-order valence-electron chi connectivity index (χ4n) is 8.74. The van der Waals surface area contributed by atoms with E-state index in [0.717, 1.165) is 50.2 Å². The van der Waals surface area contributed by atoms with Crippen LogP contribution in [0.15, 0.2) is 188 Å². The van der Waals surface area contributed by atoms with Crippen molar-refractivity contribution in [1.82, 2.24) is 23.9 Å². The van der Waals surface area contributed by atoms with Crippen molar-refractivity contribution >= 4 is 70.8 Å². The Morgan fingerprint density at radius 3 is 1.82 bits per heavy atom. The van der Waals surface area contributed by atoms with Crippen LogP contribution in [-0.2, 0) is 0 Å². The second kappa shape index (κ2) is 11.9. The molecule has 0 amide bonds. The van der Waals surface area contributed by atoms with Crippen LogP contribution in [0.2, 0.25) is 0 Å². The molecule has 12 rings (SSSR count). The van der Waals surface area contributed by atoms with E-state index in [-0.39, 0.29) is 0 Å². The lowest BCUT2D eigenvalue weighted by atomic mass is 10.0. The zero-order chi connectivity index (χ0) is 36.7. The quantitative estimate of drug-likeness (QED) is 0.171. The van der Waals surface area contributed by atoms with Crippen molar-refractivity contribution < 1.29 is 0 Å². The molecule has 56 heavy (non-hydrogen) atoms. The van der Waals surface area contributed by atoms with E-state index in [0.29, 0.717) is 5.82 Å². The lowest BCUT2D eigenvalue weighted by Crippen LogP contribution is -1.97. The molecule has 5 nitrogen and oxygen atoms in total. The van der Waals surface area contributed by atoms with E-state index in [1.807, 2.05) is 36.5 Å². The number of hydrogen-bond donors (Lipinski definition) is 0. The molecule has 0 aliphatic heterocycles. The first kappa shape index (κ1) is 30.8. The molecule has 5 heteroatoms. The van der Waals surface area contributed by atoms with E-state index in [4.69, 9.17) is 15.0 Å². The van der Waals surface area contributed by atoms with E-state index >= 15 is 0 Å². The molecule has 0 spiro atoms. The minimum atomic E-state index is 0.680. The normalized spacial score (nSPS) is 11.9. The van der Waals surface area contributed by atoms with Crippen molar-refractivity contribution in [1.29, 1.82) is 0 Å². The van der Waals surface area contributed by atoms with E-state index in [9.17, 15) is 0 Å². The summed E-state index contributed by atoms with van der Waals surface area (Å²) < 4.78 is 4.84. The van der Waals surface area contributed by atoms with Crippen molar-refractivity contribution in [3.8, 4) is 39.6 Å². The van der Waals surface area contributed by atoms with E-state index in [2.05, 4.69) is 161 Å². The predicted octanol–water partition coefficient (Wildman–Crippen LogP) is 12.8. The second-order valence-electron chi connectivity index (χ2n) is 14.5. The Morgan fingerprint density at radius 1 is 0.375 bits per heavy atom. The molecule has 5 aromatic heterocycles. The summed E-state index contributed by atoms with van der Waals surface area (Å²) in [4.78, 5) is 15.1. The molecule has 0 aliphatic rings. The number of rotatable bonds is 4. The summed E-state index contributed by atoms with van der Waals surface area (Å²) in [5.41, 5.74) is 12.7. The van der Waals surface area contributed by atoms with Crippen molar-refractivity contribution in [2.24, 2.45) is 0 Å². The van der Waals surface area contributed by atoms with Crippen LogP contribution in [0.3, 0.4) is 0 Å². The lowest BCUT2D eigenvalue weighted by Gasteiger charge is -2.13. The summed E-state index contributed by atoms with van der Waals surface area (Å²) in [5, 5.41) is 8.46. The summed E-state index contributed by atoms with van der Waals surface area (Å²) in [5.74, 6) is 0.680. The molecule has 0 radical (unpaired) electrons. The Bertz CT molecular complexity index is 3510. The summed E-state index contributed by atoms with van der Waals surface area (Å²) in [6, 6.07) is 64.7. The Balaban J connectivity index is 1.03. The van der Waals surface area contributed by atoms with Gasteiger partial charge in [-0.2, -0.15) is 0 Å². The van der Waals surface area contributed by atoms with Crippen molar-refractivity contribution in [2.75, 3.05) is 0 Å². The topological polar surface area (TPSA) is 48.0 Å². The minimum absolute atomic E-state index is 0.680. The van der Waals surface area contributed by atoms with Gasteiger partial charge in [-0.25, -0.2) is 9.97 Å². The van der Waals surface area contributed by atoms with Crippen LogP contribution in [0.25, 0.3) is 110 Å². The Kier molecular flexibility index (Phi) is 6.56. The molecule has 7 aromatic carbocycles. The van der Waals surface area contributed by atoms with E-state index in [1.54, 1.807) is 0 Å². The fourth-order valence-corrected chi connectivity index (χ4v) is 8.74. The first-order valence-corrected chi connectivity index (χ1v) is 18.9.